The van der Waals surface area contributed by atoms with Gasteiger partial charge in [-0.3, -0.25) is 4.79 Å². The molecule has 4 nitrogen and oxygen atoms in total. The number of nitrogens with zero attached hydrogens (tertiary/aromatic N) is 2. The van der Waals surface area contributed by atoms with Crippen LogP contribution in [0.4, 0.5) is 0 Å². The van der Waals surface area contributed by atoms with Crippen LogP contribution in [0.25, 0.3) is 11.0 Å². The number of aromatic nitrogens is 3. The first kappa shape index (κ1) is 13.3. The highest BCUT2D eigenvalue weighted by Crippen LogP contribution is 2.27. The molecule has 0 amide bonds. The van der Waals surface area contributed by atoms with Crippen LogP contribution in [-0.2, 0) is 19.4 Å². The summed E-state index contributed by atoms with van der Waals surface area (Å²) < 4.78 is 1.93. The number of pyridine rings is 1. The largest absolute Gasteiger partial charge is 0.307 e. The second-order valence-corrected chi connectivity index (χ2v) is 6.07. The number of H-pyrrole nitrogens is 1. The summed E-state index contributed by atoms with van der Waals surface area (Å²) in [6, 6.07) is 10.2. The quantitative estimate of drug-likeness (QED) is 0.789. The first-order valence-corrected chi connectivity index (χ1v) is 7.89. The predicted octanol–water partition coefficient (Wildman–Crippen LogP) is 2.96. The van der Waals surface area contributed by atoms with Gasteiger partial charge in [0.1, 0.15) is 5.65 Å². The molecule has 112 valence electrons. The molecular formula is C18H19N3O. The highest BCUT2D eigenvalue weighted by molar-refractivity contribution is 5.83. The smallest absolute Gasteiger partial charge is 0.253 e. The third-order valence-corrected chi connectivity index (χ3v) is 4.58. The van der Waals surface area contributed by atoms with E-state index in [4.69, 9.17) is 0 Å². The van der Waals surface area contributed by atoms with Gasteiger partial charge in [-0.1, -0.05) is 30.3 Å². The zero-order valence-corrected chi connectivity index (χ0v) is 12.7. The molecule has 0 fully saturated rings. The minimum Gasteiger partial charge on any atom is -0.307 e. The molecule has 0 saturated heterocycles. The van der Waals surface area contributed by atoms with E-state index < -0.39 is 0 Å². The van der Waals surface area contributed by atoms with E-state index in [1.54, 1.807) is 0 Å². The van der Waals surface area contributed by atoms with E-state index in [-0.39, 0.29) is 5.56 Å². The molecule has 0 atom stereocenters. The number of hydrogen-bond acceptors (Lipinski definition) is 2. The fourth-order valence-corrected chi connectivity index (χ4v) is 3.56. The lowest BCUT2D eigenvalue weighted by atomic mass is 9.90. The summed E-state index contributed by atoms with van der Waals surface area (Å²) in [5, 5.41) is 5.84. The van der Waals surface area contributed by atoms with Gasteiger partial charge in [0, 0.05) is 10.9 Å². The van der Waals surface area contributed by atoms with Crippen molar-refractivity contribution in [1.29, 1.82) is 0 Å². The molecule has 3 aromatic rings. The van der Waals surface area contributed by atoms with E-state index in [1.807, 2.05) is 29.8 Å². The second kappa shape index (κ2) is 5.13. The van der Waals surface area contributed by atoms with Crippen molar-refractivity contribution in [3.8, 4) is 0 Å². The lowest BCUT2D eigenvalue weighted by Crippen LogP contribution is -2.20. The summed E-state index contributed by atoms with van der Waals surface area (Å²) in [6.45, 7) is 2.72. The first-order valence-electron chi connectivity index (χ1n) is 7.89. The standard InChI is InChI=1S/C18H19N3O/c1-12-16-14-9-5-6-10-15(14)18(22)19-17(16)21(20-12)11-13-7-3-2-4-8-13/h2-4,7-8H,5-6,9-11H2,1H3,(H,19,22). The summed E-state index contributed by atoms with van der Waals surface area (Å²) in [6.07, 6.45) is 4.16. The number of aromatic amines is 1. The fourth-order valence-electron chi connectivity index (χ4n) is 3.56. The van der Waals surface area contributed by atoms with E-state index in [9.17, 15) is 4.79 Å². The maximum absolute atomic E-state index is 12.4. The zero-order chi connectivity index (χ0) is 15.1. The molecule has 2 heterocycles. The summed E-state index contributed by atoms with van der Waals surface area (Å²) in [5.74, 6) is 0. The number of nitrogens with one attached hydrogen (secondary N) is 1. The Morgan fingerprint density at radius 2 is 1.86 bits per heavy atom. The molecular weight excluding hydrogens is 274 g/mol. The first-order chi connectivity index (χ1) is 10.7. The Labute approximate surface area is 128 Å². The monoisotopic (exact) mass is 293 g/mol. The molecule has 1 aliphatic carbocycles. The van der Waals surface area contributed by atoms with Crippen LogP contribution >= 0.6 is 0 Å². The maximum atomic E-state index is 12.4. The molecule has 4 rings (SSSR count). The molecule has 4 heteroatoms. The third kappa shape index (κ3) is 2.06. The van der Waals surface area contributed by atoms with Gasteiger partial charge in [-0.15, -0.1) is 0 Å². The molecule has 0 unspecified atom stereocenters. The van der Waals surface area contributed by atoms with Gasteiger partial charge < -0.3 is 4.98 Å². The van der Waals surface area contributed by atoms with Gasteiger partial charge >= 0.3 is 0 Å². The average molecular weight is 293 g/mol. The topological polar surface area (TPSA) is 50.7 Å². The lowest BCUT2D eigenvalue weighted by molar-refractivity contribution is 0.677. The Bertz CT molecular complexity index is 890. The van der Waals surface area contributed by atoms with Crippen molar-refractivity contribution in [2.24, 2.45) is 0 Å². The third-order valence-electron chi connectivity index (χ3n) is 4.58. The number of fused-ring (bicyclic) bond motifs is 3. The van der Waals surface area contributed by atoms with Crippen LogP contribution in [0.2, 0.25) is 0 Å². The highest BCUT2D eigenvalue weighted by Gasteiger charge is 2.20. The van der Waals surface area contributed by atoms with Gasteiger partial charge in [0.15, 0.2) is 0 Å². The lowest BCUT2D eigenvalue weighted by Gasteiger charge is -2.15. The SMILES string of the molecule is Cc1nn(Cc2ccccc2)c2[nH]c(=O)c3c(c12)CCCC3. The molecule has 0 aliphatic heterocycles. The normalized spacial score (nSPS) is 14.2. The second-order valence-electron chi connectivity index (χ2n) is 6.07. The maximum Gasteiger partial charge on any atom is 0.253 e. The summed E-state index contributed by atoms with van der Waals surface area (Å²) >= 11 is 0. The van der Waals surface area contributed by atoms with E-state index in [0.29, 0.717) is 6.54 Å². The van der Waals surface area contributed by atoms with E-state index in [2.05, 4.69) is 22.2 Å². The summed E-state index contributed by atoms with van der Waals surface area (Å²) in [5.41, 5.74) is 5.33. The zero-order valence-electron chi connectivity index (χ0n) is 12.7. The Morgan fingerprint density at radius 3 is 2.64 bits per heavy atom. The van der Waals surface area contributed by atoms with Crippen LogP contribution in [0.5, 0.6) is 0 Å². The van der Waals surface area contributed by atoms with Crippen LogP contribution in [0.1, 0.15) is 35.2 Å². The van der Waals surface area contributed by atoms with E-state index >= 15 is 0 Å². The Hall–Kier alpha value is -2.36. The molecule has 0 bridgehead atoms. The van der Waals surface area contributed by atoms with Crippen molar-refractivity contribution in [1.82, 2.24) is 14.8 Å². The number of aryl methyl sites for hydroxylation is 2. The Balaban J connectivity index is 1.91. The van der Waals surface area contributed by atoms with Crippen molar-refractivity contribution in [2.45, 2.75) is 39.2 Å². The van der Waals surface area contributed by atoms with Crippen LogP contribution in [0, 0.1) is 6.92 Å². The van der Waals surface area contributed by atoms with Gasteiger partial charge in [0.2, 0.25) is 0 Å². The molecule has 0 radical (unpaired) electrons. The minimum atomic E-state index is 0.0661. The van der Waals surface area contributed by atoms with Gasteiger partial charge in [0.05, 0.1) is 12.2 Å². The van der Waals surface area contributed by atoms with E-state index in [1.165, 1.54) is 11.1 Å². The van der Waals surface area contributed by atoms with Gasteiger partial charge in [-0.05, 0) is 43.7 Å². The average Bonchev–Trinajstić information content (AvgIpc) is 2.84. The molecule has 1 aromatic carbocycles. The van der Waals surface area contributed by atoms with Crippen molar-refractivity contribution < 1.29 is 0 Å². The number of hydrogen-bond donors (Lipinski definition) is 1. The summed E-state index contributed by atoms with van der Waals surface area (Å²) in [7, 11) is 0. The van der Waals surface area contributed by atoms with Crippen LogP contribution < -0.4 is 5.56 Å². The van der Waals surface area contributed by atoms with E-state index in [0.717, 1.165) is 48.0 Å². The molecule has 0 saturated carbocycles. The molecule has 22 heavy (non-hydrogen) atoms. The number of benzene rings is 1. The summed E-state index contributed by atoms with van der Waals surface area (Å²) in [4.78, 5) is 15.5. The van der Waals surface area contributed by atoms with Crippen molar-refractivity contribution in [2.75, 3.05) is 0 Å². The van der Waals surface area contributed by atoms with Crippen molar-refractivity contribution in [3.05, 3.63) is 63.1 Å². The van der Waals surface area contributed by atoms with Gasteiger partial charge in [-0.25, -0.2) is 4.68 Å². The molecule has 1 aliphatic rings. The molecule has 0 spiro atoms. The predicted molar refractivity (Wildman–Crippen MR) is 87.3 cm³/mol. The highest BCUT2D eigenvalue weighted by atomic mass is 16.1. The minimum absolute atomic E-state index is 0.0661. The van der Waals surface area contributed by atoms with Crippen molar-refractivity contribution in [3.63, 3.8) is 0 Å². The fraction of sp³-hybridized carbons (Fsp3) is 0.333. The van der Waals surface area contributed by atoms with Crippen LogP contribution in [0.15, 0.2) is 35.1 Å². The Kier molecular flexibility index (Phi) is 3.10. The van der Waals surface area contributed by atoms with Gasteiger partial charge in [0.25, 0.3) is 5.56 Å². The van der Waals surface area contributed by atoms with Crippen LogP contribution in [0.3, 0.4) is 0 Å². The molecule has 1 N–H and O–H groups in total. The van der Waals surface area contributed by atoms with Crippen LogP contribution in [-0.4, -0.2) is 14.8 Å². The van der Waals surface area contributed by atoms with Gasteiger partial charge in [-0.2, -0.15) is 5.10 Å². The van der Waals surface area contributed by atoms with Crippen molar-refractivity contribution >= 4 is 11.0 Å². The molecule has 2 aromatic heterocycles. The Morgan fingerprint density at radius 1 is 1.14 bits per heavy atom. The number of rotatable bonds is 2.